The first-order valence-electron chi connectivity index (χ1n) is 6.04. The lowest BCUT2D eigenvalue weighted by Crippen LogP contribution is -2.42. The highest BCUT2D eigenvalue weighted by molar-refractivity contribution is 7.98. The monoisotopic (exact) mass is 315 g/mol. The molecule has 0 heterocycles. The highest BCUT2D eigenvalue weighted by Gasteiger charge is 2.17. The van der Waals surface area contributed by atoms with Crippen LogP contribution in [0, 0.1) is 0 Å². The lowest BCUT2D eigenvalue weighted by molar-refractivity contribution is -0.125. The molecule has 0 spiro atoms. The number of carbonyl (C=O) groups is 2. The molecule has 0 aliphatic rings. The van der Waals surface area contributed by atoms with E-state index in [-0.39, 0.29) is 23.6 Å². The number of hydrogen-bond acceptors (Lipinski definition) is 4. The van der Waals surface area contributed by atoms with Crippen LogP contribution < -0.4 is 5.32 Å². The molecule has 20 heavy (non-hydrogen) atoms. The number of nitrogens with one attached hydrogen (secondary N) is 1. The number of carbonyl (C=O) groups excluding carboxylic acids is 2. The third kappa shape index (κ3) is 5.43. The summed E-state index contributed by atoms with van der Waals surface area (Å²) >= 11 is 7.45. The summed E-state index contributed by atoms with van der Waals surface area (Å²) in [6.45, 7) is 5.23. The number of esters is 1. The van der Waals surface area contributed by atoms with Gasteiger partial charge in [0.05, 0.1) is 10.6 Å². The molecule has 0 aliphatic carbocycles. The number of amides is 1. The van der Waals surface area contributed by atoms with Crippen molar-refractivity contribution in [2.24, 2.45) is 0 Å². The predicted octanol–water partition coefficient (Wildman–Crippen LogP) is 3.13. The predicted molar refractivity (Wildman–Crippen MR) is 81.4 cm³/mol. The summed E-state index contributed by atoms with van der Waals surface area (Å²) in [5.74, 6) is -0.946. The van der Waals surface area contributed by atoms with Gasteiger partial charge < -0.3 is 10.1 Å². The van der Waals surface area contributed by atoms with Gasteiger partial charge in [0.15, 0.2) is 6.61 Å². The van der Waals surface area contributed by atoms with E-state index in [0.29, 0.717) is 5.02 Å². The average Bonchev–Trinajstić information content (AvgIpc) is 2.34. The third-order valence-electron chi connectivity index (χ3n) is 2.24. The van der Waals surface area contributed by atoms with Crippen LogP contribution in [0.3, 0.4) is 0 Å². The van der Waals surface area contributed by atoms with Gasteiger partial charge in [0.2, 0.25) is 0 Å². The van der Waals surface area contributed by atoms with Gasteiger partial charge in [0.25, 0.3) is 5.91 Å². The Morgan fingerprint density at radius 2 is 2.00 bits per heavy atom. The van der Waals surface area contributed by atoms with Crippen molar-refractivity contribution in [3.05, 3.63) is 28.8 Å². The van der Waals surface area contributed by atoms with Crippen LogP contribution in [0.4, 0.5) is 0 Å². The highest BCUT2D eigenvalue weighted by atomic mass is 35.5. The largest absolute Gasteiger partial charge is 0.452 e. The minimum absolute atomic E-state index is 0.266. The van der Waals surface area contributed by atoms with Crippen molar-refractivity contribution in [2.45, 2.75) is 31.2 Å². The summed E-state index contributed by atoms with van der Waals surface area (Å²) in [7, 11) is 0. The van der Waals surface area contributed by atoms with Crippen LogP contribution in [0.2, 0.25) is 5.02 Å². The second-order valence-corrected chi connectivity index (χ2v) is 6.51. The first kappa shape index (κ1) is 16.9. The quantitative estimate of drug-likeness (QED) is 0.685. The van der Waals surface area contributed by atoms with E-state index in [1.54, 1.807) is 12.1 Å². The Balaban J connectivity index is 2.66. The normalized spacial score (nSPS) is 11.1. The SMILES string of the molecule is CSc1ccc(Cl)c(C(=O)OCC(=O)NC(C)(C)C)c1. The number of rotatable bonds is 4. The fraction of sp³-hybridized carbons (Fsp3) is 0.429. The van der Waals surface area contributed by atoms with Gasteiger partial charge in [0, 0.05) is 10.4 Å². The Bertz CT molecular complexity index is 512. The van der Waals surface area contributed by atoms with Crippen molar-refractivity contribution >= 4 is 35.2 Å². The van der Waals surface area contributed by atoms with Crippen LogP contribution in [-0.4, -0.2) is 30.3 Å². The fourth-order valence-electron chi connectivity index (χ4n) is 1.45. The number of halogens is 1. The molecule has 0 radical (unpaired) electrons. The van der Waals surface area contributed by atoms with Crippen molar-refractivity contribution in [3.63, 3.8) is 0 Å². The molecule has 0 aliphatic heterocycles. The smallest absolute Gasteiger partial charge is 0.340 e. The topological polar surface area (TPSA) is 55.4 Å². The van der Waals surface area contributed by atoms with Crippen molar-refractivity contribution in [1.82, 2.24) is 5.32 Å². The van der Waals surface area contributed by atoms with Crippen LogP contribution in [-0.2, 0) is 9.53 Å². The minimum atomic E-state index is -0.602. The van der Waals surface area contributed by atoms with Crippen molar-refractivity contribution < 1.29 is 14.3 Å². The Kier molecular flexibility index (Phi) is 5.89. The van der Waals surface area contributed by atoms with Crippen molar-refractivity contribution in [3.8, 4) is 0 Å². The zero-order valence-corrected chi connectivity index (χ0v) is 13.5. The van der Waals surface area contributed by atoms with E-state index in [1.165, 1.54) is 11.8 Å². The molecule has 0 saturated heterocycles. The Morgan fingerprint density at radius 3 is 2.55 bits per heavy atom. The first-order chi connectivity index (χ1) is 9.23. The zero-order valence-electron chi connectivity index (χ0n) is 12.0. The molecule has 0 bridgehead atoms. The van der Waals surface area contributed by atoms with E-state index < -0.39 is 5.97 Å². The number of thioether (sulfide) groups is 1. The Morgan fingerprint density at radius 1 is 1.35 bits per heavy atom. The first-order valence-corrected chi connectivity index (χ1v) is 7.65. The second-order valence-electron chi connectivity index (χ2n) is 5.22. The lowest BCUT2D eigenvalue weighted by atomic mass is 10.1. The van der Waals surface area contributed by atoms with Crippen molar-refractivity contribution in [2.75, 3.05) is 12.9 Å². The Labute approximate surface area is 128 Å². The summed E-state index contributed by atoms with van der Waals surface area (Å²) < 4.78 is 4.97. The summed E-state index contributed by atoms with van der Waals surface area (Å²) in [5, 5.41) is 3.02. The standard InChI is InChI=1S/C14H18ClNO3S/c1-14(2,3)16-12(17)8-19-13(18)10-7-9(20-4)5-6-11(10)15/h5-7H,8H2,1-4H3,(H,16,17). The third-order valence-corrected chi connectivity index (χ3v) is 3.30. The molecule has 1 N–H and O–H groups in total. The molecule has 0 atom stereocenters. The zero-order chi connectivity index (χ0) is 15.3. The maximum absolute atomic E-state index is 11.9. The molecular weight excluding hydrogens is 298 g/mol. The van der Waals surface area contributed by atoms with E-state index in [9.17, 15) is 9.59 Å². The molecule has 1 aromatic carbocycles. The number of hydrogen-bond donors (Lipinski definition) is 1. The van der Waals surface area contributed by atoms with E-state index in [0.717, 1.165) is 4.90 Å². The molecule has 0 unspecified atom stereocenters. The van der Waals surface area contributed by atoms with Gasteiger partial charge in [-0.2, -0.15) is 0 Å². The molecule has 4 nitrogen and oxygen atoms in total. The van der Waals surface area contributed by atoms with Gasteiger partial charge in [-0.25, -0.2) is 4.79 Å². The number of benzene rings is 1. The lowest BCUT2D eigenvalue weighted by Gasteiger charge is -2.20. The van der Waals surface area contributed by atoms with Crippen molar-refractivity contribution in [1.29, 1.82) is 0 Å². The maximum atomic E-state index is 11.9. The van der Waals surface area contributed by atoms with E-state index in [4.69, 9.17) is 16.3 Å². The van der Waals surface area contributed by atoms with Crippen LogP contribution in [0.1, 0.15) is 31.1 Å². The van der Waals surface area contributed by atoms with E-state index >= 15 is 0 Å². The second kappa shape index (κ2) is 6.99. The molecule has 0 saturated carbocycles. The molecule has 1 amide bonds. The van der Waals surface area contributed by atoms with Crippen LogP contribution in [0.25, 0.3) is 0 Å². The van der Waals surface area contributed by atoms with Gasteiger partial charge in [-0.1, -0.05) is 11.6 Å². The fourth-order valence-corrected chi connectivity index (χ4v) is 2.09. The van der Waals surface area contributed by atoms with E-state index in [1.807, 2.05) is 33.1 Å². The number of ether oxygens (including phenoxy) is 1. The van der Waals surface area contributed by atoms with Gasteiger partial charge in [-0.15, -0.1) is 11.8 Å². The molecule has 110 valence electrons. The maximum Gasteiger partial charge on any atom is 0.340 e. The molecular formula is C14H18ClNO3S. The van der Waals surface area contributed by atoms with Crippen LogP contribution in [0.15, 0.2) is 23.1 Å². The molecule has 6 heteroatoms. The van der Waals surface area contributed by atoms with Gasteiger partial charge in [-0.05, 0) is 45.2 Å². The summed E-state index contributed by atoms with van der Waals surface area (Å²) in [5.41, 5.74) is -0.0954. The average molecular weight is 316 g/mol. The van der Waals surface area contributed by atoms with Gasteiger partial charge in [0.1, 0.15) is 0 Å². The minimum Gasteiger partial charge on any atom is -0.452 e. The Hall–Kier alpha value is -1.20. The molecule has 0 fully saturated rings. The highest BCUT2D eigenvalue weighted by Crippen LogP contribution is 2.23. The molecule has 0 aromatic heterocycles. The summed E-state index contributed by atoms with van der Waals surface area (Å²) in [6.07, 6.45) is 1.90. The van der Waals surface area contributed by atoms with Crippen LogP contribution in [0.5, 0.6) is 0 Å². The van der Waals surface area contributed by atoms with Crippen LogP contribution >= 0.6 is 23.4 Å². The summed E-state index contributed by atoms with van der Waals surface area (Å²) in [4.78, 5) is 24.4. The molecule has 1 aromatic rings. The summed E-state index contributed by atoms with van der Waals surface area (Å²) in [6, 6.07) is 5.10. The van der Waals surface area contributed by atoms with Gasteiger partial charge in [-0.3, -0.25) is 4.79 Å². The van der Waals surface area contributed by atoms with E-state index in [2.05, 4.69) is 5.32 Å². The molecule has 1 rings (SSSR count). The van der Waals surface area contributed by atoms with Gasteiger partial charge >= 0.3 is 5.97 Å².